The largest absolute Gasteiger partial charge is 0.462 e. The molecule has 2 bridgehead atoms. The third-order valence-corrected chi connectivity index (χ3v) is 11.8. The van der Waals surface area contributed by atoms with Gasteiger partial charge in [-0.2, -0.15) is 0 Å². The zero-order valence-electron chi connectivity index (χ0n) is 31.1. The van der Waals surface area contributed by atoms with E-state index in [0.29, 0.717) is 49.4 Å². The molecule has 4 heterocycles. The Labute approximate surface area is 306 Å². The van der Waals surface area contributed by atoms with Gasteiger partial charge in [0.2, 0.25) is 0 Å². The van der Waals surface area contributed by atoms with Gasteiger partial charge in [0.15, 0.2) is 5.79 Å². The molecule has 1 aliphatic carbocycles. The monoisotopic (exact) mass is 721 g/mol. The highest BCUT2D eigenvalue weighted by molar-refractivity contribution is 5.78. The minimum absolute atomic E-state index is 0.0330. The fraction of sp³-hybridized carbons (Fsp3) is 0.634. The summed E-state index contributed by atoms with van der Waals surface area (Å²) >= 11 is 0. The average molecular weight is 722 g/mol. The van der Waals surface area contributed by atoms with Crippen LogP contribution in [-0.4, -0.2) is 82.3 Å². The Morgan fingerprint density at radius 3 is 2.60 bits per heavy atom. The molecule has 3 saturated heterocycles. The summed E-state index contributed by atoms with van der Waals surface area (Å²) in [6, 6.07) is 6.62. The van der Waals surface area contributed by atoms with Crippen LogP contribution in [0.3, 0.4) is 0 Å². The number of carbonyl (C=O) groups excluding carboxylic acids is 1. The third kappa shape index (κ3) is 8.00. The SMILES string of the molecule is CC[C@H]1O[C@]2(CC[C@@H]1C)C[C@@H]1C[C@@H](C/C=C(\C)[C@H](OCCCc3ccc([N+](=O)[O-])cc3)[C@@H](C)/C=C/C=C3\CO[C@@H]4[C@H](O)C(C)=C[C@@H](C(=O)O1)[C@]34O)O2. The second-order valence-corrected chi connectivity index (χ2v) is 15.6. The highest BCUT2D eigenvalue weighted by atomic mass is 16.7. The lowest BCUT2D eigenvalue weighted by Crippen LogP contribution is -2.58. The summed E-state index contributed by atoms with van der Waals surface area (Å²) in [4.78, 5) is 24.8. The predicted molar refractivity (Wildman–Crippen MR) is 194 cm³/mol. The molecule has 1 aromatic carbocycles. The highest BCUT2D eigenvalue weighted by Gasteiger charge is 2.60. The molecule has 0 amide bonds. The van der Waals surface area contributed by atoms with Crippen LogP contribution >= 0.6 is 0 Å². The Hall–Kier alpha value is -3.19. The number of nitro benzene ring substituents is 1. The van der Waals surface area contributed by atoms with Crippen molar-refractivity contribution in [3.05, 3.63) is 87.0 Å². The van der Waals surface area contributed by atoms with Gasteiger partial charge in [0.1, 0.15) is 29.8 Å². The highest BCUT2D eigenvalue weighted by Crippen LogP contribution is 2.47. The van der Waals surface area contributed by atoms with Crippen molar-refractivity contribution in [1.29, 1.82) is 0 Å². The van der Waals surface area contributed by atoms with E-state index in [9.17, 15) is 25.1 Å². The van der Waals surface area contributed by atoms with Crippen LogP contribution in [0.1, 0.15) is 85.1 Å². The number of nitrogens with zero attached hydrogens (tertiary/aromatic N) is 1. The lowest BCUT2D eigenvalue weighted by atomic mass is 9.71. The number of hydrogen-bond donors (Lipinski definition) is 2. The van der Waals surface area contributed by atoms with E-state index in [0.717, 1.165) is 36.8 Å². The van der Waals surface area contributed by atoms with Crippen LogP contribution in [-0.2, 0) is 34.9 Å². The molecule has 3 fully saturated rings. The molecule has 4 aliphatic heterocycles. The fourth-order valence-corrected chi connectivity index (χ4v) is 8.72. The van der Waals surface area contributed by atoms with Gasteiger partial charge in [0.05, 0.1) is 29.8 Å². The van der Waals surface area contributed by atoms with Gasteiger partial charge in [-0.25, -0.2) is 0 Å². The minimum Gasteiger partial charge on any atom is -0.462 e. The molecular weight excluding hydrogens is 666 g/mol. The van der Waals surface area contributed by atoms with E-state index in [1.807, 2.05) is 12.2 Å². The van der Waals surface area contributed by atoms with Gasteiger partial charge in [-0.3, -0.25) is 14.9 Å². The van der Waals surface area contributed by atoms with Crippen molar-refractivity contribution in [2.45, 2.75) is 134 Å². The normalized spacial score (nSPS) is 40.8. The maximum absolute atomic E-state index is 14.1. The summed E-state index contributed by atoms with van der Waals surface area (Å²) in [7, 11) is 0. The number of fused-ring (bicyclic) bond motifs is 2. The maximum atomic E-state index is 14.1. The lowest BCUT2D eigenvalue weighted by Gasteiger charge is -2.50. The van der Waals surface area contributed by atoms with Crippen molar-refractivity contribution in [2.24, 2.45) is 17.8 Å². The topological polar surface area (TPSA) is 147 Å². The van der Waals surface area contributed by atoms with Crippen LogP contribution in [0.15, 0.2) is 71.4 Å². The molecule has 2 N–H and O–H groups in total. The molecule has 11 heteroatoms. The first-order valence-electron chi connectivity index (χ1n) is 19.0. The Balaban J connectivity index is 1.29. The Kier molecular flexibility index (Phi) is 11.9. The summed E-state index contributed by atoms with van der Waals surface area (Å²) in [5.41, 5.74) is 1.41. The maximum Gasteiger partial charge on any atom is 0.316 e. The summed E-state index contributed by atoms with van der Waals surface area (Å²) in [6.07, 6.45) is 11.8. The molecule has 0 radical (unpaired) electrons. The predicted octanol–water partition coefficient (Wildman–Crippen LogP) is 6.46. The number of rotatable bonds is 7. The van der Waals surface area contributed by atoms with E-state index >= 15 is 0 Å². The molecule has 6 rings (SSSR count). The summed E-state index contributed by atoms with van der Waals surface area (Å²) in [5, 5.41) is 34.4. The van der Waals surface area contributed by atoms with Crippen LogP contribution in [0.5, 0.6) is 0 Å². The van der Waals surface area contributed by atoms with Crippen molar-refractivity contribution in [1.82, 2.24) is 0 Å². The number of esters is 1. The first kappa shape index (κ1) is 38.5. The third-order valence-electron chi connectivity index (χ3n) is 11.8. The molecule has 52 heavy (non-hydrogen) atoms. The first-order valence-corrected chi connectivity index (χ1v) is 19.0. The zero-order valence-corrected chi connectivity index (χ0v) is 31.1. The summed E-state index contributed by atoms with van der Waals surface area (Å²) in [5.74, 6) is -2.16. The molecule has 0 unspecified atom stereocenters. The first-order chi connectivity index (χ1) is 24.8. The lowest BCUT2D eigenvalue weighted by molar-refractivity contribution is -0.384. The molecule has 1 spiro atoms. The smallest absolute Gasteiger partial charge is 0.316 e. The molecule has 284 valence electrons. The van der Waals surface area contributed by atoms with Gasteiger partial charge in [-0.1, -0.05) is 63.3 Å². The molecule has 0 aromatic heterocycles. The number of aliphatic hydroxyl groups excluding tert-OH is 1. The van der Waals surface area contributed by atoms with Crippen molar-refractivity contribution in [2.75, 3.05) is 13.2 Å². The molecule has 0 saturated carbocycles. The van der Waals surface area contributed by atoms with E-state index in [4.69, 9.17) is 23.7 Å². The van der Waals surface area contributed by atoms with Gasteiger partial charge in [-0.05, 0) is 74.2 Å². The van der Waals surface area contributed by atoms with E-state index in [1.54, 1.807) is 31.2 Å². The Bertz CT molecular complexity index is 1580. The Morgan fingerprint density at radius 1 is 1.10 bits per heavy atom. The molecule has 11 atom stereocenters. The van der Waals surface area contributed by atoms with Crippen molar-refractivity contribution < 1.29 is 43.6 Å². The zero-order chi connectivity index (χ0) is 37.2. The molecular formula is C41H55NO10. The van der Waals surface area contributed by atoms with E-state index < -0.39 is 46.5 Å². The van der Waals surface area contributed by atoms with E-state index in [-0.39, 0.29) is 36.5 Å². The van der Waals surface area contributed by atoms with Crippen LogP contribution < -0.4 is 0 Å². The number of benzene rings is 1. The summed E-state index contributed by atoms with van der Waals surface area (Å²) < 4.78 is 32.4. The van der Waals surface area contributed by atoms with Crippen molar-refractivity contribution >= 4 is 11.7 Å². The number of non-ortho nitro benzene ring substituents is 1. The molecule has 5 aliphatic rings. The fourth-order valence-electron chi connectivity index (χ4n) is 8.72. The van der Waals surface area contributed by atoms with E-state index in [1.165, 1.54) is 12.1 Å². The van der Waals surface area contributed by atoms with Crippen LogP contribution in [0.4, 0.5) is 5.69 Å². The number of ether oxygens (including phenoxy) is 5. The van der Waals surface area contributed by atoms with Crippen LogP contribution in [0.25, 0.3) is 0 Å². The van der Waals surface area contributed by atoms with Gasteiger partial charge >= 0.3 is 5.97 Å². The molecule has 11 nitrogen and oxygen atoms in total. The van der Waals surface area contributed by atoms with Crippen molar-refractivity contribution in [3.8, 4) is 0 Å². The molecule has 1 aromatic rings. The second kappa shape index (κ2) is 16.0. The number of allylic oxidation sites excluding steroid dienone is 2. The van der Waals surface area contributed by atoms with E-state index in [2.05, 4.69) is 33.8 Å². The number of nitro groups is 1. The average Bonchev–Trinajstić information content (AvgIpc) is 3.46. The van der Waals surface area contributed by atoms with Gasteiger partial charge in [0.25, 0.3) is 5.69 Å². The number of hydrogen-bond acceptors (Lipinski definition) is 10. The standard InChI is InChI=1S/C41H55NO10/c1-6-35-25(2)18-19-40(52-35)23-33-22-32(51-40)17-12-27(4)37(48-20-8-10-29-13-15-31(16-14-29)42(46)47)26(3)9-7-11-30-24-49-38-36(43)28(5)21-34(39(44)50-33)41(30,38)45/h7,9,11-16,21,25-26,32-38,43,45H,6,8,10,17-20,22-24H2,1-5H3/b9-7+,27-12+,30-11+/t25-,26-,32+,33-,34-,35+,36+,37+,38+,40+,41+/m0/s1. The quantitative estimate of drug-likeness (QED) is 0.106. The number of aliphatic hydroxyl groups is 2. The number of carbonyl (C=O) groups is 1. The van der Waals surface area contributed by atoms with Crippen LogP contribution in [0.2, 0.25) is 0 Å². The Morgan fingerprint density at radius 2 is 1.87 bits per heavy atom. The minimum atomic E-state index is -1.78. The van der Waals surface area contributed by atoms with Gasteiger partial charge < -0.3 is 33.9 Å². The van der Waals surface area contributed by atoms with Crippen LogP contribution in [0, 0.1) is 27.9 Å². The summed E-state index contributed by atoms with van der Waals surface area (Å²) in [6.45, 7) is 10.8. The van der Waals surface area contributed by atoms with Gasteiger partial charge in [-0.15, -0.1) is 0 Å². The van der Waals surface area contributed by atoms with Crippen molar-refractivity contribution in [3.63, 3.8) is 0 Å². The van der Waals surface area contributed by atoms with Gasteiger partial charge in [0, 0.05) is 43.9 Å². The second-order valence-electron chi connectivity index (χ2n) is 15.6. The number of aryl methyl sites for hydroxylation is 1.